The Morgan fingerprint density at radius 2 is 2.07 bits per heavy atom. The number of hydrogen-bond donors (Lipinski definition) is 0. The van der Waals surface area contributed by atoms with Crippen LogP contribution < -0.4 is 0 Å². The van der Waals surface area contributed by atoms with Gasteiger partial charge in [-0.25, -0.2) is 4.79 Å². The third-order valence-corrected chi connectivity index (χ3v) is 1.98. The number of amides is 1. The summed E-state index contributed by atoms with van der Waals surface area (Å²) in [5.41, 5.74) is 0. The fourth-order valence-corrected chi connectivity index (χ4v) is 0.811. The fraction of sp³-hybridized carbons (Fsp3) is 0.727. The van der Waals surface area contributed by atoms with Crippen LogP contribution in [0.1, 0.15) is 33.6 Å². The van der Waals surface area contributed by atoms with Gasteiger partial charge in [0.05, 0.1) is 6.61 Å². The van der Waals surface area contributed by atoms with Gasteiger partial charge in [0.25, 0.3) is 0 Å². The van der Waals surface area contributed by atoms with Crippen LogP contribution in [0.5, 0.6) is 0 Å². The number of rotatable bonds is 5. The van der Waals surface area contributed by atoms with Crippen molar-refractivity contribution in [3.05, 3.63) is 12.2 Å². The highest BCUT2D eigenvalue weighted by Crippen LogP contribution is 1.98. The summed E-state index contributed by atoms with van der Waals surface area (Å²) in [7, 11) is 1.74. The summed E-state index contributed by atoms with van der Waals surface area (Å²) in [5, 5.41) is 0. The van der Waals surface area contributed by atoms with Crippen LogP contribution in [0, 0.1) is 0 Å². The van der Waals surface area contributed by atoms with Gasteiger partial charge in [-0.05, 0) is 26.7 Å². The van der Waals surface area contributed by atoms with Gasteiger partial charge < -0.3 is 9.64 Å². The summed E-state index contributed by atoms with van der Waals surface area (Å²) in [6, 6.07) is 0.189. The molecule has 0 saturated heterocycles. The van der Waals surface area contributed by atoms with Gasteiger partial charge in [-0.2, -0.15) is 0 Å². The Labute approximate surface area is 86.7 Å². The predicted octanol–water partition coefficient (Wildman–Crippen LogP) is 2.82. The van der Waals surface area contributed by atoms with Crippen LogP contribution >= 0.6 is 0 Å². The molecule has 3 nitrogen and oxygen atoms in total. The fourth-order valence-electron chi connectivity index (χ4n) is 0.811. The van der Waals surface area contributed by atoms with Gasteiger partial charge in [0.15, 0.2) is 0 Å². The maximum atomic E-state index is 11.3. The molecule has 0 aliphatic heterocycles. The molecule has 0 bridgehead atoms. The molecule has 0 aliphatic carbocycles. The number of nitrogens with zero attached hydrogens (tertiary/aromatic N) is 1. The van der Waals surface area contributed by atoms with E-state index in [1.165, 1.54) is 0 Å². The van der Waals surface area contributed by atoms with Crippen molar-refractivity contribution in [1.82, 2.24) is 4.90 Å². The molecule has 0 fully saturated rings. The van der Waals surface area contributed by atoms with E-state index in [1.807, 2.05) is 19.9 Å². The van der Waals surface area contributed by atoms with Gasteiger partial charge in [0, 0.05) is 13.1 Å². The lowest BCUT2D eigenvalue weighted by atomic mass is 10.3. The van der Waals surface area contributed by atoms with Crippen LogP contribution in [0.2, 0.25) is 0 Å². The third-order valence-electron chi connectivity index (χ3n) is 1.98. The average molecular weight is 199 g/mol. The highest BCUT2D eigenvalue weighted by atomic mass is 16.6. The van der Waals surface area contributed by atoms with Crippen LogP contribution in [0.4, 0.5) is 4.79 Å². The number of ether oxygens (including phenoxy) is 1. The topological polar surface area (TPSA) is 29.5 Å². The first-order chi connectivity index (χ1) is 6.59. The molecule has 82 valence electrons. The van der Waals surface area contributed by atoms with Crippen LogP contribution in [0.15, 0.2) is 12.2 Å². The van der Waals surface area contributed by atoms with E-state index < -0.39 is 0 Å². The maximum Gasteiger partial charge on any atom is 0.409 e. The number of hydrogen-bond acceptors (Lipinski definition) is 2. The quantitative estimate of drug-likeness (QED) is 0.503. The summed E-state index contributed by atoms with van der Waals surface area (Å²) in [6.07, 6.45) is 5.68. The van der Waals surface area contributed by atoms with E-state index in [4.69, 9.17) is 4.74 Å². The van der Waals surface area contributed by atoms with Crippen molar-refractivity contribution in [3.8, 4) is 0 Å². The Bertz CT molecular complexity index is 188. The summed E-state index contributed by atoms with van der Waals surface area (Å²) >= 11 is 0. The lowest BCUT2D eigenvalue weighted by Crippen LogP contribution is -2.33. The number of carbonyl (C=O) groups is 1. The maximum absolute atomic E-state index is 11.3. The molecule has 0 radical (unpaired) electrons. The Morgan fingerprint density at radius 3 is 2.57 bits per heavy atom. The normalized spacial score (nSPS) is 10.9. The van der Waals surface area contributed by atoms with E-state index in [0.29, 0.717) is 6.61 Å². The third kappa shape index (κ3) is 5.62. The zero-order chi connectivity index (χ0) is 11.0. The largest absolute Gasteiger partial charge is 0.449 e. The summed E-state index contributed by atoms with van der Waals surface area (Å²) in [6.45, 7) is 6.46. The Kier molecular flexibility index (Phi) is 6.89. The van der Waals surface area contributed by atoms with Gasteiger partial charge >= 0.3 is 6.09 Å². The number of carbonyl (C=O) groups excluding carboxylic acids is 1. The molecule has 0 atom stereocenters. The predicted molar refractivity (Wildman–Crippen MR) is 58.3 cm³/mol. The Hall–Kier alpha value is -0.990. The second kappa shape index (κ2) is 7.42. The van der Waals surface area contributed by atoms with Crippen molar-refractivity contribution >= 4 is 6.09 Å². The molecule has 0 spiro atoms. The van der Waals surface area contributed by atoms with Gasteiger partial charge in [-0.1, -0.05) is 19.1 Å². The Balaban J connectivity index is 3.59. The molecule has 0 N–H and O–H groups in total. The zero-order valence-corrected chi connectivity index (χ0v) is 9.62. The number of allylic oxidation sites excluding steroid dienone is 1. The van der Waals surface area contributed by atoms with Gasteiger partial charge in [-0.3, -0.25) is 0 Å². The van der Waals surface area contributed by atoms with Crippen LogP contribution in [0.25, 0.3) is 0 Å². The van der Waals surface area contributed by atoms with Crippen molar-refractivity contribution in [1.29, 1.82) is 0 Å². The molecule has 0 aromatic carbocycles. The van der Waals surface area contributed by atoms with Crippen molar-refractivity contribution < 1.29 is 9.53 Å². The van der Waals surface area contributed by atoms with Crippen molar-refractivity contribution in [3.63, 3.8) is 0 Å². The minimum absolute atomic E-state index is 0.189. The van der Waals surface area contributed by atoms with Gasteiger partial charge in [0.1, 0.15) is 0 Å². The molecular weight excluding hydrogens is 178 g/mol. The monoisotopic (exact) mass is 199 g/mol. The molecular formula is C11H21NO2. The first-order valence-electron chi connectivity index (χ1n) is 5.14. The first kappa shape index (κ1) is 13.0. The van der Waals surface area contributed by atoms with Crippen molar-refractivity contribution in [2.75, 3.05) is 13.7 Å². The molecule has 14 heavy (non-hydrogen) atoms. The smallest absolute Gasteiger partial charge is 0.409 e. The molecule has 0 aromatic rings. The standard InChI is InChI=1S/C11H21NO2/c1-5-6-7-8-9-14-11(13)12(4)10(2)3/h6-7,10H,5,8-9H2,1-4H3/b7-6-. The lowest BCUT2D eigenvalue weighted by Gasteiger charge is -2.20. The molecule has 3 heteroatoms. The highest BCUT2D eigenvalue weighted by molar-refractivity contribution is 5.67. The summed E-state index contributed by atoms with van der Waals surface area (Å²) in [4.78, 5) is 12.9. The molecule has 0 rings (SSSR count). The van der Waals surface area contributed by atoms with E-state index in [0.717, 1.165) is 12.8 Å². The SMILES string of the molecule is CC/C=C\CCOC(=O)N(C)C(C)C. The zero-order valence-electron chi connectivity index (χ0n) is 9.62. The molecule has 0 aliphatic rings. The first-order valence-corrected chi connectivity index (χ1v) is 5.14. The Morgan fingerprint density at radius 1 is 1.43 bits per heavy atom. The average Bonchev–Trinajstić information content (AvgIpc) is 2.16. The summed E-state index contributed by atoms with van der Waals surface area (Å²) in [5.74, 6) is 0. The van der Waals surface area contributed by atoms with Gasteiger partial charge in [-0.15, -0.1) is 0 Å². The summed E-state index contributed by atoms with van der Waals surface area (Å²) < 4.78 is 5.05. The second-order valence-corrected chi connectivity index (χ2v) is 3.49. The van der Waals surface area contributed by atoms with Crippen molar-refractivity contribution in [2.24, 2.45) is 0 Å². The molecule has 0 unspecified atom stereocenters. The van der Waals surface area contributed by atoms with Crippen LogP contribution in [-0.4, -0.2) is 30.7 Å². The van der Waals surface area contributed by atoms with E-state index >= 15 is 0 Å². The van der Waals surface area contributed by atoms with E-state index in [1.54, 1.807) is 11.9 Å². The molecule has 0 aromatic heterocycles. The van der Waals surface area contributed by atoms with Crippen LogP contribution in [-0.2, 0) is 4.74 Å². The van der Waals surface area contributed by atoms with Crippen molar-refractivity contribution in [2.45, 2.75) is 39.7 Å². The van der Waals surface area contributed by atoms with E-state index in [9.17, 15) is 4.79 Å². The van der Waals surface area contributed by atoms with Gasteiger partial charge in [0.2, 0.25) is 0 Å². The minimum Gasteiger partial charge on any atom is -0.449 e. The lowest BCUT2D eigenvalue weighted by molar-refractivity contribution is 0.104. The molecule has 0 saturated carbocycles. The highest BCUT2D eigenvalue weighted by Gasteiger charge is 2.11. The van der Waals surface area contributed by atoms with E-state index in [-0.39, 0.29) is 12.1 Å². The van der Waals surface area contributed by atoms with Crippen LogP contribution in [0.3, 0.4) is 0 Å². The minimum atomic E-state index is -0.245. The second-order valence-electron chi connectivity index (χ2n) is 3.49. The van der Waals surface area contributed by atoms with E-state index in [2.05, 4.69) is 13.0 Å². The molecule has 0 heterocycles. The molecule has 1 amide bonds.